The number of amides is 2. The van der Waals surface area contributed by atoms with Crippen LogP contribution in [0.25, 0.3) is 0 Å². The number of hydrogen-bond donors (Lipinski definition) is 1. The van der Waals surface area contributed by atoms with E-state index in [2.05, 4.69) is 15.3 Å². The zero-order valence-electron chi connectivity index (χ0n) is 12.7. The zero-order chi connectivity index (χ0) is 16.1. The first kappa shape index (κ1) is 15.1. The van der Waals surface area contributed by atoms with Gasteiger partial charge in [0.2, 0.25) is 0 Å². The van der Waals surface area contributed by atoms with Crippen LogP contribution in [0.15, 0.2) is 49.1 Å². The summed E-state index contributed by atoms with van der Waals surface area (Å²) < 4.78 is 0. The molecule has 2 aromatic rings. The van der Waals surface area contributed by atoms with Gasteiger partial charge >= 0.3 is 0 Å². The lowest BCUT2D eigenvalue weighted by molar-refractivity contribution is 0.0698. The molecule has 118 valence electrons. The fraction of sp³-hybridized carbons (Fsp3) is 0.294. The van der Waals surface area contributed by atoms with E-state index in [1.807, 2.05) is 4.90 Å². The highest BCUT2D eigenvalue weighted by molar-refractivity contribution is 5.95. The molecule has 0 atom stereocenters. The number of nitrogens with zero attached hydrogens (tertiary/aromatic N) is 3. The molecule has 1 N–H and O–H groups in total. The van der Waals surface area contributed by atoms with Crippen molar-refractivity contribution >= 4 is 11.8 Å². The highest BCUT2D eigenvalue weighted by atomic mass is 16.2. The molecular weight excluding hydrogens is 292 g/mol. The van der Waals surface area contributed by atoms with Gasteiger partial charge in [0.15, 0.2) is 0 Å². The van der Waals surface area contributed by atoms with Crippen molar-refractivity contribution in [1.82, 2.24) is 20.2 Å². The van der Waals surface area contributed by atoms with Crippen LogP contribution < -0.4 is 5.32 Å². The Kier molecular flexibility index (Phi) is 4.61. The van der Waals surface area contributed by atoms with Crippen molar-refractivity contribution in [2.45, 2.75) is 18.9 Å². The first-order chi connectivity index (χ1) is 11.2. The summed E-state index contributed by atoms with van der Waals surface area (Å²) in [6.45, 7) is 1.28. The Morgan fingerprint density at radius 3 is 2.39 bits per heavy atom. The number of piperidine rings is 1. The van der Waals surface area contributed by atoms with Crippen LogP contribution in [0, 0.1) is 0 Å². The number of rotatable bonds is 3. The van der Waals surface area contributed by atoms with Crippen molar-refractivity contribution in [2.24, 2.45) is 0 Å². The first-order valence-corrected chi connectivity index (χ1v) is 7.64. The summed E-state index contributed by atoms with van der Waals surface area (Å²) in [6.07, 6.45) is 7.94. The molecule has 23 heavy (non-hydrogen) atoms. The molecule has 6 nitrogen and oxygen atoms in total. The van der Waals surface area contributed by atoms with Crippen molar-refractivity contribution < 1.29 is 9.59 Å². The van der Waals surface area contributed by atoms with E-state index in [-0.39, 0.29) is 17.9 Å². The van der Waals surface area contributed by atoms with Gasteiger partial charge in [-0.1, -0.05) is 0 Å². The van der Waals surface area contributed by atoms with Gasteiger partial charge < -0.3 is 10.2 Å². The number of likely N-dealkylation sites (tertiary alicyclic amines) is 1. The fourth-order valence-electron chi connectivity index (χ4n) is 2.67. The minimum absolute atomic E-state index is 0.0180. The van der Waals surface area contributed by atoms with Crippen molar-refractivity contribution in [2.75, 3.05) is 13.1 Å². The minimum Gasteiger partial charge on any atom is -0.349 e. The highest BCUT2D eigenvalue weighted by Gasteiger charge is 2.24. The monoisotopic (exact) mass is 310 g/mol. The molecule has 6 heteroatoms. The number of carbonyl (C=O) groups excluding carboxylic acids is 2. The maximum Gasteiger partial charge on any atom is 0.253 e. The third kappa shape index (κ3) is 3.71. The van der Waals surface area contributed by atoms with Crippen LogP contribution in [-0.4, -0.2) is 45.8 Å². The van der Waals surface area contributed by atoms with Crippen LogP contribution in [0.5, 0.6) is 0 Å². The van der Waals surface area contributed by atoms with Gasteiger partial charge in [0, 0.05) is 49.5 Å². The summed E-state index contributed by atoms with van der Waals surface area (Å²) in [4.78, 5) is 34.2. The number of carbonyl (C=O) groups is 2. The third-order valence-corrected chi connectivity index (χ3v) is 3.97. The van der Waals surface area contributed by atoms with Crippen molar-refractivity contribution in [3.05, 3.63) is 60.2 Å². The Morgan fingerprint density at radius 2 is 1.74 bits per heavy atom. The Bertz CT molecular complexity index is 668. The molecule has 0 aromatic carbocycles. The van der Waals surface area contributed by atoms with Gasteiger partial charge in [0.25, 0.3) is 11.8 Å². The van der Waals surface area contributed by atoms with Crippen LogP contribution in [0.4, 0.5) is 0 Å². The van der Waals surface area contributed by atoms with Gasteiger partial charge in [-0.15, -0.1) is 0 Å². The molecule has 1 aliphatic heterocycles. The lowest BCUT2D eigenvalue weighted by Crippen LogP contribution is -2.46. The Balaban J connectivity index is 1.53. The summed E-state index contributed by atoms with van der Waals surface area (Å²) in [5, 5.41) is 3.01. The predicted molar refractivity (Wildman–Crippen MR) is 84.9 cm³/mol. The molecule has 2 aromatic heterocycles. The standard InChI is InChI=1S/C17H18N4O2/c22-16(14-2-1-7-19-12-14)20-15-5-10-21(11-6-15)17(23)13-3-8-18-9-4-13/h1-4,7-9,12,15H,5-6,10-11H2,(H,20,22). The van der Waals surface area contributed by atoms with E-state index in [0.717, 1.165) is 12.8 Å². The summed E-state index contributed by atoms with van der Waals surface area (Å²) in [5.74, 6) is -0.0959. The lowest BCUT2D eigenvalue weighted by Gasteiger charge is -2.32. The van der Waals surface area contributed by atoms with Gasteiger partial charge in [-0.3, -0.25) is 19.6 Å². The second kappa shape index (κ2) is 7.00. The summed E-state index contributed by atoms with van der Waals surface area (Å²) >= 11 is 0. The molecular formula is C17H18N4O2. The molecule has 0 spiro atoms. The molecule has 1 fully saturated rings. The molecule has 2 amide bonds. The van der Waals surface area contributed by atoms with Gasteiger partial charge in [-0.05, 0) is 37.1 Å². The predicted octanol–water partition coefficient (Wildman–Crippen LogP) is 1.51. The quantitative estimate of drug-likeness (QED) is 0.932. The maximum absolute atomic E-state index is 12.4. The van der Waals surface area contributed by atoms with Crippen LogP contribution >= 0.6 is 0 Å². The normalized spacial score (nSPS) is 15.2. The van der Waals surface area contributed by atoms with E-state index in [9.17, 15) is 9.59 Å². The minimum atomic E-state index is -0.114. The Hall–Kier alpha value is -2.76. The van der Waals surface area contributed by atoms with Crippen molar-refractivity contribution in [1.29, 1.82) is 0 Å². The Morgan fingerprint density at radius 1 is 1.00 bits per heavy atom. The SMILES string of the molecule is O=C(NC1CCN(C(=O)c2ccncc2)CC1)c1cccnc1. The Labute approximate surface area is 134 Å². The van der Waals surface area contributed by atoms with Crippen molar-refractivity contribution in [3.63, 3.8) is 0 Å². The molecule has 0 aliphatic carbocycles. The van der Waals surface area contributed by atoms with Crippen LogP contribution in [0.3, 0.4) is 0 Å². The molecule has 1 saturated heterocycles. The largest absolute Gasteiger partial charge is 0.349 e. The van der Waals surface area contributed by atoms with E-state index in [4.69, 9.17) is 0 Å². The topological polar surface area (TPSA) is 75.2 Å². The molecule has 0 bridgehead atoms. The van der Waals surface area contributed by atoms with Gasteiger partial charge in [0.1, 0.15) is 0 Å². The molecule has 1 aliphatic rings. The fourth-order valence-corrected chi connectivity index (χ4v) is 2.67. The number of hydrogen-bond acceptors (Lipinski definition) is 4. The van der Waals surface area contributed by atoms with E-state index in [1.165, 1.54) is 0 Å². The third-order valence-electron chi connectivity index (χ3n) is 3.97. The molecule has 0 saturated carbocycles. The van der Waals surface area contributed by atoms with Crippen LogP contribution in [-0.2, 0) is 0 Å². The van der Waals surface area contributed by atoms with E-state index in [0.29, 0.717) is 24.2 Å². The number of nitrogens with one attached hydrogen (secondary N) is 1. The van der Waals surface area contributed by atoms with Gasteiger partial charge in [-0.2, -0.15) is 0 Å². The van der Waals surface area contributed by atoms with Crippen LogP contribution in [0.1, 0.15) is 33.6 Å². The van der Waals surface area contributed by atoms with Crippen molar-refractivity contribution in [3.8, 4) is 0 Å². The molecule has 3 heterocycles. The second-order valence-electron chi connectivity index (χ2n) is 5.52. The highest BCUT2D eigenvalue weighted by Crippen LogP contribution is 2.14. The summed E-state index contributed by atoms with van der Waals surface area (Å²) in [6, 6.07) is 7.01. The first-order valence-electron chi connectivity index (χ1n) is 7.64. The molecule has 0 radical (unpaired) electrons. The smallest absolute Gasteiger partial charge is 0.253 e. The number of pyridine rings is 2. The maximum atomic E-state index is 12.4. The van der Waals surface area contributed by atoms with Gasteiger partial charge in [0.05, 0.1) is 5.56 Å². The van der Waals surface area contributed by atoms with Gasteiger partial charge in [-0.25, -0.2) is 0 Å². The average molecular weight is 310 g/mol. The summed E-state index contributed by atoms with van der Waals surface area (Å²) in [5.41, 5.74) is 1.21. The van der Waals surface area contributed by atoms with E-state index in [1.54, 1.807) is 49.1 Å². The zero-order valence-corrected chi connectivity index (χ0v) is 12.7. The molecule has 0 unspecified atom stereocenters. The number of aromatic nitrogens is 2. The second-order valence-corrected chi connectivity index (χ2v) is 5.52. The van der Waals surface area contributed by atoms with Crippen LogP contribution in [0.2, 0.25) is 0 Å². The van der Waals surface area contributed by atoms with E-state index >= 15 is 0 Å². The average Bonchev–Trinajstić information content (AvgIpc) is 2.63. The lowest BCUT2D eigenvalue weighted by atomic mass is 10.0. The van der Waals surface area contributed by atoms with E-state index < -0.39 is 0 Å². The summed E-state index contributed by atoms with van der Waals surface area (Å²) in [7, 11) is 0. The molecule has 3 rings (SSSR count).